The molecule has 0 bridgehead atoms. The van der Waals surface area contributed by atoms with Crippen LogP contribution in [0.1, 0.15) is 25.7 Å². The molecule has 0 radical (unpaired) electrons. The van der Waals surface area contributed by atoms with Gasteiger partial charge in [0.1, 0.15) is 0 Å². The van der Waals surface area contributed by atoms with Crippen LogP contribution in [0.2, 0.25) is 0 Å². The molecule has 1 aromatic rings. The summed E-state index contributed by atoms with van der Waals surface area (Å²) in [5.41, 5.74) is 2.38. The molecule has 1 aromatic carbocycles. The first-order valence-corrected chi connectivity index (χ1v) is 4.82. The van der Waals surface area contributed by atoms with E-state index in [-0.39, 0.29) is 0 Å². The zero-order chi connectivity index (χ0) is 8.93. The third-order valence-electron chi connectivity index (χ3n) is 2.31. The van der Waals surface area contributed by atoms with E-state index in [1.54, 1.807) is 0 Å². The van der Waals surface area contributed by atoms with E-state index in [1.165, 1.54) is 31.3 Å². The molecule has 0 aromatic heterocycles. The van der Waals surface area contributed by atoms with Crippen LogP contribution >= 0.6 is 0 Å². The summed E-state index contributed by atoms with van der Waals surface area (Å²) in [7, 11) is 0. The first-order chi connectivity index (χ1) is 6.45. The molecule has 0 saturated heterocycles. The Balaban J connectivity index is 2.17. The van der Waals surface area contributed by atoms with Gasteiger partial charge in [0.05, 0.1) is 5.69 Å². The number of rotatable bonds is 1. The Hall–Kier alpha value is -1.33. The minimum Gasteiger partial charge on any atom is -0.206 e. The van der Waals surface area contributed by atoms with Crippen molar-refractivity contribution in [2.45, 2.75) is 25.7 Å². The van der Waals surface area contributed by atoms with Crippen LogP contribution in [-0.2, 0) is 0 Å². The molecule has 0 amide bonds. The SMILES string of the molecule is C(=Nc1ccccc1)=C1CCCC1. The van der Waals surface area contributed by atoms with Gasteiger partial charge in [-0.25, -0.2) is 4.99 Å². The van der Waals surface area contributed by atoms with Crippen LogP contribution in [0.25, 0.3) is 0 Å². The number of para-hydroxylation sites is 1. The number of hydrogen-bond acceptors (Lipinski definition) is 1. The van der Waals surface area contributed by atoms with Crippen molar-refractivity contribution < 1.29 is 0 Å². The molecular weight excluding hydrogens is 158 g/mol. The van der Waals surface area contributed by atoms with Crippen molar-refractivity contribution in [3.8, 4) is 0 Å². The molecule has 0 heterocycles. The van der Waals surface area contributed by atoms with Crippen LogP contribution in [-0.4, -0.2) is 5.87 Å². The second-order valence-corrected chi connectivity index (χ2v) is 3.37. The highest BCUT2D eigenvalue weighted by Gasteiger charge is 2.04. The molecule has 1 aliphatic carbocycles. The number of benzene rings is 1. The molecule has 1 nitrogen and oxygen atoms in total. The third-order valence-corrected chi connectivity index (χ3v) is 2.31. The van der Waals surface area contributed by atoms with Gasteiger partial charge in [0, 0.05) is 0 Å². The van der Waals surface area contributed by atoms with Gasteiger partial charge in [0.15, 0.2) is 0 Å². The monoisotopic (exact) mass is 171 g/mol. The Labute approximate surface area is 78.8 Å². The number of nitrogens with zero attached hydrogens (tertiary/aromatic N) is 1. The minimum absolute atomic E-state index is 1.00. The fourth-order valence-electron chi connectivity index (χ4n) is 1.56. The van der Waals surface area contributed by atoms with Crippen LogP contribution in [0.5, 0.6) is 0 Å². The molecule has 1 aliphatic rings. The third kappa shape index (κ3) is 2.30. The lowest BCUT2D eigenvalue weighted by atomic mass is 10.3. The van der Waals surface area contributed by atoms with E-state index in [0.29, 0.717) is 0 Å². The van der Waals surface area contributed by atoms with Crippen molar-refractivity contribution in [2.24, 2.45) is 4.99 Å². The average molecular weight is 171 g/mol. The van der Waals surface area contributed by atoms with Crippen molar-refractivity contribution in [1.29, 1.82) is 0 Å². The predicted octanol–water partition coefficient (Wildman–Crippen LogP) is 3.49. The van der Waals surface area contributed by atoms with Gasteiger partial charge in [-0.2, -0.15) is 0 Å². The van der Waals surface area contributed by atoms with Crippen LogP contribution in [0, 0.1) is 0 Å². The predicted molar refractivity (Wildman–Crippen MR) is 55.5 cm³/mol. The van der Waals surface area contributed by atoms with Crippen molar-refractivity contribution in [1.82, 2.24) is 0 Å². The van der Waals surface area contributed by atoms with E-state index < -0.39 is 0 Å². The van der Waals surface area contributed by atoms with E-state index in [4.69, 9.17) is 0 Å². The largest absolute Gasteiger partial charge is 0.206 e. The fourth-order valence-corrected chi connectivity index (χ4v) is 1.56. The lowest BCUT2D eigenvalue weighted by Gasteiger charge is -1.88. The maximum Gasteiger partial charge on any atom is 0.0729 e. The van der Waals surface area contributed by atoms with Crippen LogP contribution < -0.4 is 0 Å². The van der Waals surface area contributed by atoms with E-state index in [1.807, 2.05) is 30.3 Å². The Bertz CT molecular complexity index is 323. The molecule has 0 atom stereocenters. The quantitative estimate of drug-likeness (QED) is 0.573. The Morgan fingerprint density at radius 1 is 1.00 bits per heavy atom. The standard InChI is InChI=1S/C12H13N/c1-2-8-12(9-3-1)13-10-11-6-4-5-7-11/h1-3,8-9H,4-7H2. The summed E-state index contributed by atoms with van der Waals surface area (Å²) >= 11 is 0. The zero-order valence-electron chi connectivity index (χ0n) is 7.66. The van der Waals surface area contributed by atoms with Gasteiger partial charge in [0.25, 0.3) is 0 Å². The zero-order valence-corrected chi connectivity index (χ0v) is 7.66. The van der Waals surface area contributed by atoms with Crippen LogP contribution in [0.3, 0.4) is 0 Å². The summed E-state index contributed by atoms with van der Waals surface area (Å²) in [6, 6.07) is 10.0. The maximum atomic E-state index is 4.30. The number of aliphatic imine (C=N–C) groups is 1. The fraction of sp³-hybridized carbons (Fsp3) is 0.333. The maximum absolute atomic E-state index is 4.30. The van der Waals surface area contributed by atoms with Gasteiger partial charge in [-0.3, -0.25) is 0 Å². The topological polar surface area (TPSA) is 12.4 Å². The molecule has 1 saturated carbocycles. The minimum atomic E-state index is 1.00. The summed E-state index contributed by atoms with van der Waals surface area (Å²) in [5, 5.41) is 0. The molecule has 66 valence electrons. The Morgan fingerprint density at radius 2 is 1.69 bits per heavy atom. The van der Waals surface area contributed by atoms with E-state index in [9.17, 15) is 0 Å². The van der Waals surface area contributed by atoms with E-state index in [2.05, 4.69) is 10.9 Å². The highest BCUT2D eigenvalue weighted by molar-refractivity contribution is 5.63. The molecule has 2 rings (SSSR count). The smallest absolute Gasteiger partial charge is 0.0729 e. The molecular formula is C12H13N. The van der Waals surface area contributed by atoms with Gasteiger partial charge in [-0.1, -0.05) is 18.2 Å². The average Bonchev–Trinajstić information content (AvgIpc) is 2.69. The van der Waals surface area contributed by atoms with Gasteiger partial charge in [0.2, 0.25) is 0 Å². The Morgan fingerprint density at radius 3 is 2.38 bits per heavy atom. The lowest BCUT2D eigenvalue weighted by Crippen LogP contribution is -1.71. The lowest BCUT2D eigenvalue weighted by molar-refractivity contribution is 0.886. The number of hydrogen-bond donors (Lipinski definition) is 0. The van der Waals surface area contributed by atoms with Crippen LogP contribution in [0.15, 0.2) is 40.9 Å². The highest BCUT2D eigenvalue weighted by atomic mass is 14.7. The molecule has 1 heteroatoms. The van der Waals surface area contributed by atoms with Crippen molar-refractivity contribution in [3.63, 3.8) is 0 Å². The summed E-state index contributed by atoms with van der Waals surface area (Å²) < 4.78 is 0. The van der Waals surface area contributed by atoms with Crippen molar-refractivity contribution in [3.05, 3.63) is 35.9 Å². The van der Waals surface area contributed by atoms with E-state index in [0.717, 1.165) is 5.69 Å². The second kappa shape index (κ2) is 4.06. The first kappa shape index (κ1) is 8.28. The molecule has 0 unspecified atom stereocenters. The summed E-state index contributed by atoms with van der Waals surface area (Å²) in [6.07, 6.45) is 5.01. The van der Waals surface area contributed by atoms with E-state index >= 15 is 0 Å². The second-order valence-electron chi connectivity index (χ2n) is 3.37. The van der Waals surface area contributed by atoms with Gasteiger partial charge in [-0.15, -0.1) is 0 Å². The molecule has 0 aliphatic heterocycles. The first-order valence-electron chi connectivity index (χ1n) is 4.82. The van der Waals surface area contributed by atoms with Crippen LogP contribution in [0.4, 0.5) is 5.69 Å². The van der Waals surface area contributed by atoms with Crippen molar-refractivity contribution >= 4 is 11.6 Å². The molecule has 1 fully saturated rings. The van der Waals surface area contributed by atoms with Gasteiger partial charge in [-0.05, 0) is 49.3 Å². The summed E-state index contributed by atoms with van der Waals surface area (Å²) in [6.45, 7) is 0. The molecule has 0 N–H and O–H groups in total. The molecule has 13 heavy (non-hydrogen) atoms. The number of allylic oxidation sites excluding steroid dienone is 1. The summed E-state index contributed by atoms with van der Waals surface area (Å²) in [4.78, 5) is 4.30. The van der Waals surface area contributed by atoms with Gasteiger partial charge >= 0.3 is 0 Å². The summed E-state index contributed by atoms with van der Waals surface area (Å²) in [5.74, 6) is 3.14. The normalized spacial score (nSPS) is 15.5. The molecule has 0 spiro atoms. The van der Waals surface area contributed by atoms with Gasteiger partial charge < -0.3 is 0 Å². The highest BCUT2D eigenvalue weighted by Crippen LogP contribution is 2.21. The Kier molecular flexibility index (Phi) is 2.59. The van der Waals surface area contributed by atoms with Crippen molar-refractivity contribution in [2.75, 3.05) is 0 Å².